The van der Waals surface area contributed by atoms with Crippen molar-refractivity contribution in [3.8, 4) is 11.5 Å². The predicted molar refractivity (Wildman–Crippen MR) is 107 cm³/mol. The highest BCUT2D eigenvalue weighted by atomic mass is 16.6. The van der Waals surface area contributed by atoms with E-state index in [1.54, 1.807) is 13.0 Å². The number of hydrogen-bond acceptors (Lipinski definition) is 8. The number of ether oxygens (including phenoxy) is 2. The van der Waals surface area contributed by atoms with Crippen LogP contribution in [0.1, 0.15) is 31.1 Å². The summed E-state index contributed by atoms with van der Waals surface area (Å²) < 4.78 is 11.1. The predicted octanol–water partition coefficient (Wildman–Crippen LogP) is 2.10. The van der Waals surface area contributed by atoms with Gasteiger partial charge in [0.1, 0.15) is 5.75 Å². The van der Waals surface area contributed by atoms with Gasteiger partial charge in [-0.1, -0.05) is 0 Å². The molecule has 1 aromatic heterocycles. The number of carbonyl (C=O) groups is 3. The van der Waals surface area contributed by atoms with Crippen molar-refractivity contribution in [2.45, 2.75) is 32.5 Å². The standard InChI is InChI=1S/C20H18N4O7/c1-10-18(26)21-12-8-11(4-5-14(12)30-10)13(25)9-23-17-15(31-20(2,3)19(23)27)6-7-16(22-17)24(28)29/h4-8,10H,9H2,1-3H3,(H,21,26). The van der Waals surface area contributed by atoms with Gasteiger partial charge in [0.15, 0.2) is 23.2 Å². The van der Waals surface area contributed by atoms with Crippen LogP contribution in [0.2, 0.25) is 0 Å². The average molecular weight is 426 g/mol. The fraction of sp³-hybridized carbons (Fsp3) is 0.300. The van der Waals surface area contributed by atoms with E-state index in [0.29, 0.717) is 11.4 Å². The van der Waals surface area contributed by atoms with Gasteiger partial charge in [-0.2, -0.15) is 0 Å². The third kappa shape index (κ3) is 3.54. The number of nitrogens with one attached hydrogen (secondary N) is 1. The smallest absolute Gasteiger partial charge is 0.366 e. The molecule has 2 aliphatic rings. The molecule has 2 amide bonds. The first-order valence-electron chi connectivity index (χ1n) is 9.38. The quantitative estimate of drug-likeness (QED) is 0.445. The van der Waals surface area contributed by atoms with Gasteiger partial charge in [0.2, 0.25) is 0 Å². The molecule has 0 radical (unpaired) electrons. The summed E-state index contributed by atoms with van der Waals surface area (Å²) in [5.41, 5.74) is -0.725. The minimum absolute atomic E-state index is 0.102. The van der Waals surface area contributed by atoms with E-state index in [1.165, 1.54) is 32.0 Å². The van der Waals surface area contributed by atoms with E-state index >= 15 is 0 Å². The number of rotatable bonds is 4. The van der Waals surface area contributed by atoms with Gasteiger partial charge in [-0.05, 0) is 54.9 Å². The zero-order chi connectivity index (χ0) is 22.5. The van der Waals surface area contributed by atoms with Crippen molar-refractivity contribution in [3.05, 3.63) is 46.0 Å². The van der Waals surface area contributed by atoms with Crippen molar-refractivity contribution in [2.75, 3.05) is 16.8 Å². The van der Waals surface area contributed by atoms with Crippen LogP contribution in [0.25, 0.3) is 0 Å². The monoisotopic (exact) mass is 426 g/mol. The highest BCUT2D eigenvalue weighted by Gasteiger charge is 2.45. The highest BCUT2D eigenvalue weighted by molar-refractivity contribution is 6.09. The molecule has 0 fully saturated rings. The number of pyridine rings is 1. The van der Waals surface area contributed by atoms with Crippen LogP contribution in [0.4, 0.5) is 17.3 Å². The maximum atomic E-state index is 13.0. The van der Waals surface area contributed by atoms with E-state index in [0.717, 1.165) is 11.0 Å². The van der Waals surface area contributed by atoms with Crippen LogP contribution in [0, 0.1) is 10.1 Å². The Morgan fingerprint density at radius 1 is 1.26 bits per heavy atom. The minimum Gasteiger partial charge on any atom is -0.479 e. The Hall–Kier alpha value is -4.02. The molecule has 3 heterocycles. The van der Waals surface area contributed by atoms with Crippen molar-refractivity contribution in [1.29, 1.82) is 0 Å². The molecule has 1 N–H and O–H groups in total. The average Bonchev–Trinajstić information content (AvgIpc) is 2.71. The Bertz CT molecular complexity index is 1140. The summed E-state index contributed by atoms with van der Waals surface area (Å²) in [6.07, 6.45) is -0.652. The number of aromatic nitrogens is 1. The zero-order valence-electron chi connectivity index (χ0n) is 16.9. The first-order chi connectivity index (χ1) is 14.6. The second kappa shape index (κ2) is 7.04. The van der Waals surface area contributed by atoms with Gasteiger partial charge in [0.25, 0.3) is 17.6 Å². The maximum absolute atomic E-state index is 13.0. The topological polar surface area (TPSA) is 141 Å². The van der Waals surface area contributed by atoms with Gasteiger partial charge in [-0.25, -0.2) is 0 Å². The number of ketones is 1. The van der Waals surface area contributed by atoms with Crippen LogP contribution in [-0.2, 0) is 9.59 Å². The van der Waals surface area contributed by atoms with E-state index in [-0.39, 0.29) is 23.0 Å². The second-order valence-electron chi connectivity index (χ2n) is 7.64. The second-order valence-corrected chi connectivity index (χ2v) is 7.64. The Labute approximate surface area is 176 Å². The molecular formula is C20H18N4O7. The fourth-order valence-electron chi connectivity index (χ4n) is 3.30. The Balaban J connectivity index is 1.67. The summed E-state index contributed by atoms with van der Waals surface area (Å²) in [5, 5.41) is 13.8. The fourth-order valence-corrected chi connectivity index (χ4v) is 3.30. The third-order valence-corrected chi connectivity index (χ3v) is 4.93. The maximum Gasteiger partial charge on any atom is 0.366 e. The molecule has 1 aromatic carbocycles. The number of benzene rings is 1. The SMILES string of the molecule is CC1Oc2ccc(C(=O)CN3C(=O)C(C)(C)Oc4ccc([N+](=O)[O-])nc43)cc2NC1=O. The molecule has 0 saturated carbocycles. The van der Waals surface area contributed by atoms with Crippen molar-refractivity contribution >= 4 is 34.9 Å². The number of hydrogen-bond donors (Lipinski definition) is 1. The van der Waals surface area contributed by atoms with Crippen molar-refractivity contribution in [2.24, 2.45) is 0 Å². The molecule has 1 atom stereocenters. The zero-order valence-corrected chi connectivity index (χ0v) is 16.9. The third-order valence-electron chi connectivity index (χ3n) is 4.93. The molecule has 0 aliphatic carbocycles. The number of amides is 2. The molecule has 2 aliphatic heterocycles. The van der Waals surface area contributed by atoms with Crippen molar-refractivity contribution in [1.82, 2.24) is 4.98 Å². The molecule has 0 bridgehead atoms. The van der Waals surface area contributed by atoms with Gasteiger partial charge in [0.05, 0.1) is 12.2 Å². The first kappa shape index (κ1) is 20.3. The van der Waals surface area contributed by atoms with Crippen LogP contribution >= 0.6 is 0 Å². The van der Waals surface area contributed by atoms with E-state index in [1.807, 2.05) is 0 Å². The number of nitro groups is 1. The summed E-state index contributed by atoms with van der Waals surface area (Å²) in [7, 11) is 0. The summed E-state index contributed by atoms with van der Waals surface area (Å²) in [4.78, 5) is 53.1. The summed E-state index contributed by atoms with van der Waals surface area (Å²) in [5.74, 6) is -1.36. The van der Waals surface area contributed by atoms with Crippen LogP contribution in [0.15, 0.2) is 30.3 Å². The first-order valence-corrected chi connectivity index (χ1v) is 9.38. The lowest BCUT2D eigenvalue weighted by atomic mass is 10.0. The number of Topliss-reactive ketones (excluding diaryl/α,β-unsaturated/α-hetero) is 1. The molecule has 11 heteroatoms. The van der Waals surface area contributed by atoms with Crippen LogP contribution in [0.3, 0.4) is 0 Å². The van der Waals surface area contributed by atoms with Gasteiger partial charge in [-0.3, -0.25) is 19.3 Å². The molecule has 0 spiro atoms. The van der Waals surface area contributed by atoms with Gasteiger partial charge in [0, 0.05) is 11.6 Å². The molecule has 1 unspecified atom stereocenters. The number of fused-ring (bicyclic) bond motifs is 2. The highest BCUT2D eigenvalue weighted by Crippen LogP contribution is 2.38. The Morgan fingerprint density at radius 2 is 1.97 bits per heavy atom. The lowest BCUT2D eigenvalue weighted by Crippen LogP contribution is -2.54. The summed E-state index contributed by atoms with van der Waals surface area (Å²) in [6.45, 7) is 4.25. The minimum atomic E-state index is -1.29. The largest absolute Gasteiger partial charge is 0.479 e. The van der Waals surface area contributed by atoms with E-state index in [2.05, 4.69) is 10.3 Å². The van der Waals surface area contributed by atoms with Crippen LogP contribution in [0.5, 0.6) is 11.5 Å². The van der Waals surface area contributed by atoms with Crippen molar-refractivity contribution < 1.29 is 28.8 Å². The van der Waals surface area contributed by atoms with Crippen LogP contribution < -0.4 is 19.7 Å². The van der Waals surface area contributed by atoms with E-state index in [4.69, 9.17) is 9.47 Å². The molecule has 160 valence electrons. The molecule has 4 rings (SSSR count). The summed E-state index contributed by atoms with van der Waals surface area (Å²) >= 11 is 0. The Morgan fingerprint density at radius 3 is 2.68 bits per heavy atom. The van der Waals surface area contributed by atoms with Gasteiger partial charge < -0.3 is 24.9 Å². The van der Waals surface area contributed by atoms with E-state index < -0.39 is 40.7 Å². The van der Waals surface area contributed by atoms with Crippen LogP contribution in [-0.4, -0.2) is 45.8 Å². The number of anilines is 2. The molecule has 11 nitrogen and oxygen atoms in total. The van der Waals surface area contributed by atoms with Gasteiger partial charge in [-0.15, -0.1) is 0 Å². The van der Waals surface area contributed by atoms with E-state index in [9.17, 15) is 24.5 Å². The lowest BCUT2D eigenvalue weighted by Gasteiger charge is -2.35. The molecule has 0 saturated heterocycles. The lowest BCUT2D eigenvalue weighted by molar-refractivity contribution is -0.389. The summed E-state index contributed by atoms with van der Waals surface area (Å²) in [6, 6.07) is 7.04. The Kier molecular flexibility index (Phi) is 4.60. The molecule has 2 aromatic rings. The number of nitrogens with zero attached hydrogens (tertiary/aromatic N) is 3. The van der Waals surface area contributed by atoms with Crippen molar-refractivity contribution in [3.63, 3.8) is 0 Å². The normalized spacial score (nSPS) is 18.8. The van der Waals surface area contributed by atoms with Gasteiger partial charge >= 0.3 is 5.82 Å². The molecular weight excluding hydrogens is 408 g/mol. The molecule has 31 heavy (non-hydrogen) atoms. The number of carbonyl (C=O) groups excluding carboxylic acids is 3.